The van der Waals surface area contributed by atoms with E-state index in [1.807, 2.05) is 30.3 Å². The highest BCUT2D eigenvalue weighted by Crippen LogP contribution is 2.42. The van der Waals surface area contributed by atoms with Crippen molar-refractivity contribution in [1.82, 2.24) is 14.5 Å². The van der Waals surface area contributed by atoms with Crippen LogP contribution in [-0.2, 0) is 4.74 Å². The highest BCUT2D eigenvalue weighted by Gasteiger charge is 2.52. The van der Waals surface area contributed by atoms with Gasteiger partial charge in [0.2, 0.25) is 0 Å². The van der Waals surface area contributed by atoms with Crippen molar-refractivity contribution in [2.45, 2.75) is 31.0 Å². The number of hydrogen-bond acceptors (Lipinski definition) is 8. The third-order valence-corrected chi connectivity index (χ3v) is 5.55. The molecule has 4 aromatic rings. The Morgan fingerprint density at radius 2 is 2.03 bits per heavy atom. The Labute approximate surface area is 165 Å². The normalized spacial score (nSPS) is 27.2. The maximum absolute atomic E-state index is 10.6. The summed E-state index contributed by atoms with van der Waals surface area (Å²) in [5, 5.41) is 32.1. The molecule has 4 atom stereocenters. The quantitative estimate of drug-likeness (QED) is 0.408. The lowest BCUT2D eigenvalue weighted by molar-refractivity contribution is -0.115. The van der Waals surface area contributed by atoms with Crippen molar-refractivity contribution in [3.8, 4) is 11.3 Å². The summed E-state index contributed by atoms with van der Waals surface area (Å²) in [4.78, 5) is 8.40. The van der Waals surface area contributed by atoms with Crippen LogP contribution < -0.4 is 5.73 Å². The Hall–Kier alpha value is -2.98. The van der Waals surface area contributed by atoms with Crippen molar-refractivity contribution in [3.05, 3.63) is 42.9 Å². The van der Waals surface area contributed by atoms with E-state index in [0.717, 1.165) is 11.0 Å². The number of furan rings is 1. The first-order valence-electron chi connectivity index (χ1n) is 9.18. The standard InChI is InChI=1S/C20H20N4O5/c1-20(8-25)16(27)15(26)19(29-20)24-7-11(14-17(21)22-9-23-18(14)24)13-6-10-4-2-3-5-12(10)28-13/h2-7,9,15-16,19,25-27H,8H2,1H3,(H2,21,22,23)/t15-,16+,19-,20-/m1/s1. The molecule has 0 unspecified atom stereocenters. The van der Waals surface area contributed by atoms with Gasteiger partial charge >= 0.3 is 0 Å². The Kier molecular flexibility index (Phi) is 3.90. The van der Waals surface area contributed by atoms with Gasteiger partial charge in [0.25, 0.3) is 0 Å². The number of ether oxygens (including phenoxy) is 1. The number of nitrogens with zero attached hydrogens (tertiary/aromatic N) is 3. The minimum atomic E-state index is -1.31. The van der Waals surface area contributed by atoms with E-state index in [4.69, 9.17) is 14.9 Å². The van der Waals surface area contributed by atoms with Gasteiger partial charge < -0.3 is 34.8 Å². The van der Waals surface area contributed by atoms with Crippen LogP contribution in [0.2, 0.25) is 0 Å². The van der Waals surface area contributed by atoms with Crippen LogP contribution in [0.1, 0.15) is 13.2 Å². The number of nitrogens with two attached hydrogens (primary N) is 1. The number of benzene rings is 1. The van der Waals surface area contributed by atoms with Crippen LogP contribution in [0.25, 0.3) is 33.3 Å². The number of anilines is 1. The molecule has 0 amide bonds. The fourth-order valence-corrected chi connectivity index (χ4v) is 3.89. The van der Waals surface area contributed by atoms with Gasteiger partial charge in [0.05, 0.1) is 12.0 Å². The number of aliphatic hydroxyl groups is 3. The zero-order chi connectivity index (χ0) is 20.3. The summed E-state index contributed by atoms with van der Waals surface area (Å²) in [6.07, 6.45) is -0.500. The Balaban J connectivity index is 1.71. The number of rotatable bonds is 3. The molecule has 0 bridgehead atoms. The first kappa shape index (κ1) is 18.1. The topological polar surface area (TPSA) is 140 Å². The highest BCUT2D eigenvalue weighted by molar-refractivity contribution is 6.01. The van der Waals surface area contributed by atoms with Crippen LogP contribution in [0.4, 0.5) is 5.82 Å². The van der Waals surface area contributed by atoms with Crippen LogP contribution >= 0.6 is 0 Å². The van der Waals surface area contributed by atoms with Gasteiger partial charge in [-0.1, -0.05) is 18.2 Å². The van der Waals surface area contributed by atoms with Gasteiger partial charge in [-0.05, 0) is 19.1 Å². The first-order chi connectivity index (χ1) is 13.9. The van der Waals surface area contributed by atoms with Gasteiger partial charge in [0.1, 0.15) is 46.9 Å². The van der Waals surface area contributed by atoms with E-state index >= 15 is 0 Å². The van der Waals surface area contributed by atoms with Crippen LogP contribution in [-0.4, -0.2) is 54.3 Å². The first-order valence-corrected chi connectivity index (χ1v) is 9.18. The molecule has 9 nitrogen and oxygen atoms in total. The zero-order valence-corrected chi connectivity index (χ0v) is 15.6. The fraction of sp³-hybridized carbons (Fsp3) is 0.300. The van der Waals surface area contributed by atoms with Crippen molar-refractivity contribution < 1.29 is 24.5 Å². The molecule has 3 aromatic heterocycles. The number of hydrogen-bond donors (Lipinski definition) is 4. The largest absolute Gasteiger partial charge is 0.456 e. The molecule has 4 heterocycles. The maximum atomic E-state index is 10.6. The van der Waals surface area contributed by atoms with Crippen molar-refractivity contribution in [2.24, 2.45) is 0 Å². The van der Waals surface area contributed by atoms with E-state index in [2.05, 4.69) is 9.97 Å². The average Bonchev–Trinajstić information content (AvgIpc) is 3.38. The van der Waals surface area contributed by atoms with Gasteiger partial charge in [0.15, 0.2) is 6.23 Å². The van der Waals surface area contributed by atoms with Gasteiger partial charge in [-0.25, -0.2) is 9.97 Å². The molecule has 0 spiro atoms. The number of nitrogen functional groups attached to an aromatic ring is 1. The van der Waals surface area contributed by atoms with Crippen molar-refractivity contribution in [1.29, 1.82) is 0 Å². The molecule has 9 heteroatoms. The van der Waals surface area contributed by atoms with Gasteiger partial charge in [-0.2, -0.15) is 0 Å². The molecular formula is C20H20N4O5. The summed E-state index contributed by atoms with van der Waals surface area (Å²) in [7, 11) is 0. The Morgan fingerprint density at radius 1 is 1.24 bits per heavy atom. The minimum absolute atomic E-state index is 0.252. The van der Waals surface area contributed by atoms with E-state index in [1.165, 1.54) is 13.3 Å². The van der Waals surface area contributed by atoms with Crippen molar-refractivity contribution >= 4 is 27.8 Å². The third-order valence-electron chi connectivity index (χ3n) is 5.55. The molecule has 1 fully saturated rings. The molecular weight excluding hydrogens is 376 g/mol. The Morgan fingerprint density at radius 3 is 2.76 bits per heavy atom. The predicted octanol–water partition coefficient (Wildman–Crippen LogP) is 1.43. The number of aliphatic hydroxyl groups excluding tert-OH is 3. The second-order valence-electron chi connectivity index (χ2n) is 7.47. The number of aromatic nitrogens is 3. The SMILES string of the molecule is C[C@]1(CO)O[C@@H](n2cc(-c3cc4ccccc4o3)c3c(N)ncnc32)[C@H](O)[C@@H]1O. The van der Waals surface area contributed by atoms with Crippen LogP contribution in [0, 0.1) is 0 Å². The van der Waals surface area contributed by atoms with Crippen molar-refractivity contribution in [3.63, 3.8) is 0 Å². The molecule has 0 saturated carbocycles. The number of para-hydroxylation sites is 1. The average molecular weight is 396 g/mol. The molecule has 1 aromatic carbocycles. The lowest BCUT2D eigenvalue weighted by Gasteiger charge is -2.24. The van der Waals surface area contributed by atoms with E-state index in [1.54, 1.807) is 10.8 Å². The smallest absolute Gasteiger partial charge is 0.164 e. The molecule has 5 rings (SSSR count). The van der Waals surface area contributed by atoms with E-state index in [0.29, 0.717) is 22.4 Å². The summed E-state index contributed by atoms with van der Waals surface area (Å²) in [6, 6.07) is 9.50. The summed E-state index contributed by atoms with van der Waals surface area (Å²) in [5.74, 6) is 0.816. The van der Waals surface area contributed by atoms with Gasteiger partial charge in [-0.15, -0.1) is 0 Å². The Bertz CT molecular complexity index is 1190. The molecule has 150 valence electrons. The lowest BCUT2D eigenvalue weighted by Crippen LogP contribution is -2.43. The number of fused-ring (bicyclic) bond motifs is 2. The molecule has 0 aliphatic carbocycles. The molecule has 29 heavy (non-hydrogen) atoms. The summed E-state index contributed by atoms with van der Waals surface area (Å²) in [5.41, 5.74) is 6.62. The molecule has 0 radical (unpaired) electrons. The second-order valence-corrected chi connectivity index (χ2v) is 7.47. The summed E-state index contributed by atoms with van der Waals surface area (Å²) < 4.78 is 13.4. The van der Waals surface area contributed by atoms with Gasteiger partial charge in [0, 0.05) is 17.1 Å². The molecule has 1 aliphatic rings. The molecule has 5 N–H and O–H groups in total. The monoisotopic (exact) mass is 396 g/mol. The van der Waals surface area contributed by atoms with Crippen LogP contribution in [0.5, 0.6) is 0 Å². The van der Waals surface area contributed by atoms with E-state index in [9.17, 15) is 15.3 Å². The lowest BCUT2D eigenvalue weighted by atomic mass is 9.99. The van der Waals surface area contributed by atoms with E-state index < -0.39 is 30.6 Å². The molecule has 1 aliphatic heterocycles. The third kappa shape index (κ3) is 2.56. The highest BCUT2D eigenvalue weighted by atomic mass is 16.6. The fourth-order valence-electron chi connectivity index (χ4n) is 3.89. The molecule has 1 saturated heterocycles. The van der Waals surface area contributed by atoms with E-state index in [-0.39, 0.29) is 5.82 Å². The predicted molar refractivity (Wildman–Crippen MR) is 105 cm³/mol. The minimum Gasteiger partial charge on any atom is -0.456 e. The van der Waals surface area contributed by atoms with Crippen LogP contribution in [0.15, 0.2) is 47.3 Å². The summed E-state index contributed by atoms with van der Waals surface area (Å²) in [6.45, 7) is 1.09. The summed E-state index contributed by atoms with van der Waals surface area (Å²) >= 11 is 0. The van der Waals surface area contributed by atoms with Crippen LogP contribution in [0.3, 0.4) is 0 Å². The van der Waals surface area contributed by atoms with Gasteiger partial charge in [-0.3, -0.25) is 0 Å². The maximum Gasteiger partial charge on any atom is 0.164 e. The zero-order valence-electron chi connectivity index (χ0n) is 15.6. The van der Waals surface area contributed by atoms with Crippen molar-refractivity contribution in [2.75, 3.05) is 12.3 Å². The second kappa shape index (κ2) is 6.26.